The molecule has 116 valence electrons. The molecular formula is C16H19N3O2S. The van der Waals surface area contributed by atoms with E-state index in [1.807, 2.05) is 22.9 Å². The van der Waals surface area contributed by atoms with Gasteiger partial charge in [0, 0.05) is 18.5 Å². The minimum absolute atomic E-state index is 0.107. The van der Waals surface area contributed by atoms with Crippen LogP contribution < -0.4 is 10.2 Å². The number of aromatic nitrogens is 1. The highest BCUT2D eigenvalue weighted by atomic mass is 32.1. The summed E-state index contributed by atoms with van der Waals surface area (Å²) >= 11 is 1.51. The third-order valence-electron chi connectivity index (χ3n) is 3.53. The first-order chi connectivity index (χ1) is 10.6. The highest BCUT2D eigenvalue weighted by Crippen LogP contribution is 2.20. The first-order valence-corrected chi connectivity index (χ1v) is 8.26. The van der Waals surface area contributed by atoms with E-state index in [-0.39, 0.29) is 18.1 Å². The number of pyridine rings is 1. The van der Waals surface area contributed by atoms with Crippen LogP contribution in [-0.4, -0.2) is 36.2 Å². The lowest BCUT2D eigenvalue weighted by atomic mass is 10.2. The molecule has 1 amide bonds. The van der Waals surface area contributed by atoms with Gasteiger partial charge in [0.2, 0.25) is 0 Å². The number of morpholine rings is 1. The summed E-state index contributed by atoms with van der Waals surface area (Å²) in [5.74, 6) is 0.806. The maximum Gasteiger partial charge on any atom is 0.256 e. The normalized spacial score (nSPS) is 21.6. The van der Waals surface area contributed by atoms with E-state index < -0.39 is 0 Å². The number of nitrogens with one attached hydrogen (secondary N) is 1. The molecular weight excluding hydrogens is 298 g/mol. The molecule has 0 aromatic carbocycles. The van der Waals surface area contributed by atoms with Crippen molar-refractivity contribution in [3.05, 3.63) is 40.7 Å². The van der Waals surface area contributed by atoms with Crippen molar-refractivity contribution in [1.82, 2.24) is 4.98 Å². The summed E-state index contributed by atoms with van der Waals surface area (Å²) in [4.78, 5) is 18.7. The highest BCUT2D eigenvalue weighted by molar-refractivity contribution is 7.08. The van der Waals surface area contributed by atoms with Gasteiger partial charge in [0.05, 0.1) is 29.7 Å². The standard InChI is InChI=1S/C16H19N3O2S/c1-11-8-19(9-12(2)21-11)15-4-3-14(7-17-15)18-16(20)13-5-6-22-10-13/h3-7,10-12H,8-9H2,1-2H3,(H,18,20). The van der Waals surface area contributed by atoms with Crippen molar-refractivity contribution >= 4 is 28.7 Å². The SMILES string of the molecule is CC1CN(c2ccc(NC(=O)c3ccsc3)cn2)CC(C)O1. The Balaban J connectivity index is 1.66. The number of ether oxygens (including phenoxy) is 1. The molecule has 0 saturated carbocycles. The van der Waals surface area contributed by atoms with E-state index in [9.17, 15) is 4.79 Å². The fourth-order valence-electron chi connectivity index (χ4n) is 2.61. The number of hydrogen-bond acceptors (Lipinski definition) is 5. The Bertz CT molecular complexity index is 617. The Morgan fingerprint density at radius 2 is 2.09 bits per heavy atom. The number of nitrogens with zero attached hydrogens (tertiary/aromatic N) is 2. The summed E-state index contributed by atoms with van der Waals surface area (Å²) in [6.45, 7) is 5.80. The zero-order valence-corrected chi connectivity index (χ0v) is 13.5. The van der Waals surface area contributed by atoms with Gasteiger partial charge >= 0.3 is 0 Å². The van der Waals surface area contributed by atoms with Crippen LogP contribution >= 0.6 is 11.3 Å². The van der Waals surface area contributed by atoms with Crippen LogP contribution in [0.15, 0.2) is 35.2 Å². The molecule has 0 bridgehead atoms. The Kier molecular flexibility index (Phi) is 4.40. The molecule has 1 saturated heterocycles. The minimum Gasteiger partial charge on any atom is -0.372 e. The second-order valence-electron chi connectivity index (χ2n) is 5.53. The fraction of sp³-hybridized carbons (Fsp3) is 0.375. The van der Waals surface area contributed by atoms with Gasteiger partial charge in [-0.3, -0.25) is 4.79 Å². The van der Waals surface area contributed by atoms with Crippen molar-refractivity contribution in [3.8, 4) is 0 Å². The Morgan fingerprint density at radius 1 is 1.32 bits per heavy atom. The van der Waals surface area contributed by atoms with Crippen molar-refractivity contribution in [2.45, 2.75) is 26.1 Å². The number of anilines is 2. The molecule has 22 heavy (non-hydrogen) atoms. The Hall–Kier alpha value is -1.92. The monoisotopic (exact) mass is 317 g/mol. The van der Waals surface area contributed by atoms with Crippen LogP contribution in [0.5, 0.6) is 0 Å². The number of thiophene rings is 1. The van der Waals surface area contributed by atoms with Gasteiger partial charge in [-0.25, -0.2) is 4.98 Å². The zero-order chi connectivity index (χ0) is 15.5. The van der Waals surface area contributed by atoms with E-state index in [2.05, 4.69) is 29.0 Å². The molecule has 2 aromatic heterocycles. The van der Waals surface area contributed by atoms with E-state index in [1.54, 1.807) is 12.3 Å². The predicted molar refractivity (Wildman–Crippen MR) is 88.7 cm³/mol. The van der Waals surface area contributed by atoms with E-state index in [0.717, 1.165) is 18.9 Å². The van der Waals surface area contributed by atoms with Crippen LogP contribution in [0.1, 0.15) is 24.2 Å². The third-order valence-corrected chi connectivity index (χ3v) is 4.22. The average Bonchev–Trinajstić information content (AvgIpc) is 3.01. The molecule has 3 heterocycles. The average molecular weight is 317 g/mol. The maximum absolute atomic E-state index is 12.0. The van der Waals surface area contributed by atoms with Crippen molar-refractivity contribution < 1.29 is 9.53 Å². The summed E-state index contributed by atoms with van der Waals surface area (Å²) in [6, 6.07) is 5.63. The van der Waals surface area contributed by atoms with Gasteiger partial charge in [-0.15, -0.1) is 0 Å². The molecule has 1 aliphatic heterocycles. The lowest BCUT2D eigenvalue weighted by molar-refractivity contribution is -0.00545. The van der Waals surface area contributed by atoms with Crippen molar-refractivity contribution in [2.75, 3.05) is 23.3 Å². The van der Waals surface area contributed by atoms with E-state index >= 15 is 0 Å². The topological polar surface area (TPSA) is 54.5 Å². The van der Waals surface area contributed by atoms with Crippen molar-refractivity contribution in [3.63, 3.8) is 0 Å². The lowest BCUT2D eigenvalue weighted by Crippen LogP contribution is -2.45. The first kappa shape index (κ1) is 15.0. The van der Waals surface area contributed by atoms with E-state index in [0.29, 0.717) is 11.3 Å². The van der Waals surface area contributed by atoms with Gasteiger partial charge in [0.1, 0.15) is 5.82 Å². The number of hydrogen-bond donors (Lipinski definition) is 1. The molecule has 5 nitrogen and oxygen atoms in total. The van der Waals surface area contributed by atoms with Crippen LogP contribution in [0.3, 0.4) is 0 Å². The Labute approximate surface area is 133 Å². The van der Waals surface area contributed by atoms with Gasteiger partial charge in [-0.2, -0.15) is 11.3 Å². The van der Waals surface area contributed by atoms with Crippen LogP contribution in [0, 0.1) is 0 Å². The fourth-order valence-corrected chi connectivity index (χ4v) is 3.24. The predicted octanol–water partition coefficient (Wildman–Crippen LogP) is 3.01. The third kappa shape index (κ3) is 3.45. The Morgan fingerprint density at radius 3 is 2.68 bits per heavy atom. The molecule has 2 unspecified atom stereocenters. The largest absolute Gasteiger partial charge is 0.372 e. The van der Waals surface area contributed by atoms with Gasteiger partial charge in [-0.1, -0.05) is 0 Å². The molecule has 0 aliphatic carbocycles. The van der Waals surface area contributed by atoms with Crippen LogP contribution in [-0.2, 0) is 4.74 Å². The molecule has 2 atom stereocenters. The molecule has 2 aromatic rings. The molecule has 0 spiro atoms. The summed E-state index contributed by atoms with van der Waals surface area (Å²) in [5.41, 5.74) is 1.37. The van der Waals surface area contributed by atoms with Gasteiger partial charge in [0.15, 0.2) is 0 Å². The second-order valence-corrected chi connectivity index (χ2v) is 6.31. The molecule has 1 aliphatic rings. The van der Waals surface area contributed by atoms with Gasteiger partial charge in [0.25, 0.3) is 5.91 Å². The number of rotatable bonds is 3. The number of carbonyl (C=O) groups is 1. The van der Waals surface area contributed by atoms with E-state index in [4.69, 9.17) is 4.74 Å². The van der Waals surface area contributed by atoms with Crippen LogP contribution in [0.25, 0.3) is 0 Å². The molecule has 3 rings (SSSR count). The van der Waals surface area contributed by atoms with Crippen LogP contribution in [0.2, 0.25) is 0 Å². The smallest absolute Gasteiger partial charge is 0.256 e. The summed E-state index contributed by atoms with van der Waals surface area (Å²) in [6.07, 6.45) is 2.09. The summed E-state index contributed by atoms with van der Waals surface area (Å²) < 4.78 is 5.73. The van der Waals surface area contributed by atoms with Crippen molar-refractivity contribution in [1.29, 1.82) is 0 Å². The van der Waals surface area contributed by atoms with Crippen molar-refractivity contribution in [2.24, 2.45) is 0 Å². The summed E-state index contributed by atoms with van der Waals surface area (Å²) in [5, 5.41) is 6.57. The molecule has 0 radical (unpaired) electrons. The van der Waals surface area contributed by atoms with Crippen LogP contribution in [0.4, 0.5) is 11.5 Å². The van der Waals surface area contributed by atoms with Gasteiger partial charge < -0.3 is 15.0 Å². The lowest BCUT2D eigenvalue weighted by Gasteiger charge is -2.36. The first-order valence-electron chi connectivity index (χ1n) is 7.32. The molecule has 1 N–H and O–H groups in total. The van der Waals surface area contributed by atoms with E-state index in [1.165, 1.54) is 11.3 Å². The second kappa shape index (κ2) is 6.46. The number of carbonyl (C=O) groups excluding carboxylic acids is 1. The quantitative estimate of drug-likeness (QED) is 0.945. The number of amides is 1. The maximum atomic E-state index is 12.0. The molecule has 6 heteroatoms. The zero-order valence-electron chi connectivity index (χ0n) is 12.7. The minimum atomic E-state index is -0.107. The summed E-state index contributed by atoms with van der Waals surface area (Å²) in [7, 11) is 0. The van der Waals surface area contributed by atoms with Gasteiger partial charge in [-0.05, 0) is 37.4 Å². The highest BCUT2D eigenvalue weighted by Gasteiger charge is 2.23. The molecule has 1 fully saturated rings.